The van der Waals surface area contributed by atoms with Gasteiger partial charge in [0.15, 0.2) is 5.13 Å². The van der Waals surface area contributed by atoms with Gasteiger partial charge in [0.2, 0.25) is 5.91 Å². The Hall–Kier alpha value is -2.40. The van der Waals surface area contributed by atoms with Crippen molar-refractivity contribution >= 4 is 32.6 Å². The molecule has 2 heterocycles. The zero-order valence-electron chi connectivity index (χ0n) is 15.9. The van der Waals surface area contributed by atoms with Gasteiger partial charge in [0.1, 0.15) is 0 Å². The molecule has 2 aromatic carbocycles. The smallest absolute Gasteiger partial charge is 0.223 e. The van der Waals surface area contributed by atoms with Crippen LogP contribution >= 0.6 is 11.3 Å². The van der Waals surface area contributed by atoms with E-state index < -0.39 is 0 Å². The summed E-state index contributed by atoms with van der Waals surface area (Å²) in [5, 5.41) is 1.08. The Labute approximate surface area is 164 Å². The zero-order valence-corrected chi connectivity index (χ0v) is 16.8. The maximum atomic E-state index is 12.5. The largest absolute Gasteiger partial charge is 0.345 e. The van der Waals surface area contributed by atoms with Crippen LogP contribution in [-0.2, 0) is 11.2 Å². The number of hydrogen-bond donors (Lipinski definition) is 0. The molecular weight excluding hydrogens is 354 g/mol. The van der Waals surface area contributed by atoms with E-state index in [1.54, 1.807) is 11.3 Å². The fraction of sp³-hybridized carbons (Fsp3) is 0.364. The first kappa shape index (κ1) is 18.0. The van der Waals surface area contributed by atoms with Crippen LogP contribution in [0.1, 0.15) is 23.1 Å². The summed E-state index contributed by atoms with van der Waals surface area (Å²) in [7, 11) is 0. The molecule has 27 heavy (non-hydrogen) atoms. The molecule has 0 N–H and O–H groups in total. The number of aromatic nitrogens is 1. The van der Waals surface area contributed by atoms with E-state index in [1.165, 1.54) is 21.4 Å². The average Bonchev–Trinajstić information content (AvgIpc) is 3.10. The fourth-order valence-electron chi connectivity index (χ4n) is 3.50. The van der Waals surface area contributed by atoms with Gasteiger partial charge in [-0.25, -0.2) is 4.98 Å². The molecule has 4 rings (SSSR count). The van der Waals surface area contributed by atoms with Crippen molar-refractivity contribution in [1.29, 1.82) is 0 Å². The maximum absolute atomic E-state index is 12.5. The second-order valence-electron chi connectivity index (χ2n) is 7.25. The number of benzene rings is 2. The van der Waals surface area contributed by atoms with E-state index in [-0.39, 0.29) is 5.91 Å². The molecule has 0 bridgehead atoms. The van der Waals surface area contributed by atoms with Crippen molar-refractivity contribution in [3.05, 3.63) is 59.2 Å². The average molecular weight is 380 g/mol. The molecule has 0 radical (unpaired) electrons. The first-order valence-electron chi connectivity index (χ1n) is 9.54. The van der Waals surface area contributed by atoms with Gasteiger partial charge < -0.3 is 9.80 Å². The molecule has 1 aromatic heterocycles. The first-order valence-corrected chi connectivity index (χ1v) is 10.4. The Morgan fingerprint density at radius 2 is 1.74 bits per heavy atom. The van der Waals surface area contributed by atoms with E-state index in [0.29, 0.717) is 6.42 Å². The van der Waals surface area contributed by atoms with Gasteiger partial charge in [-0.3, -0.25) is 4.79 Å². The van der Waals surface area contributed by atoms with E-state index in [2.05, 4.69) is 43.0 Å². The quantitative estimate of drug-likeness (QED) is 0.682. The van der Waals surface area contributed by atoms with E-state index in [9.17, 15) is 4.79 Å². The number of thiazole rings is 1. The molecule has 0 saturated carbocycles. The molecular formula is C22H25N3OS. The van der Waals surface area contributed by atoms with Crippen molar-refractivity contribution < 1.29 is 4.79 Å². The van der Waals surface area contributed by atoms with Gasteiger partial charge in [0, 0.05) is 32.6 Å². The summed E-state index contributed by atoms with van der Waals surface area (Å²) >= 11 is 1.76. The monoisotopic (exact) mass is 379 g/mol. The summed E-state index contributed by atoms with van der Waals surface area (Å²) < 4.78 is 1.24. The predicted octanol–water partition coefficient (Wildman–Crippen LogP) is 4.19. The molecule has 0 unspecified atom stereocenters. The lowest BCUT2D eigenvalue weighted by molar-refractivity contribution is -0.131. The summed E-state index contributed by atoms with van der Waals surface area (Å²) in [6.45, 7) is 7.55. The number of hydrogen-bond acceptors (Lipinski definition) is 4. The Morgan fingerprint density at radius 3 is 2.48 bits per heavy atom. The summed E-state index contributed by atoms with van der Waals surface area (Å²) in [5.74, 6) is 0.258. The Balaban J connectivity index is 1.35. The molecule has 1 aliphatic heterocycles. The first-order chi connectivity index (χ1) is 13.1. The van der Waals surface area contributed by atoms with Crippen molar-refractivity contribution in [3.8, 4) is 0 Å². The van der Waals surface area contributed by atoms with Gasteiger partial charge in [-0.1, -0.05) is 41.7 Å². The molecule has 1 saturated heterocycles. The van der Waals surface area contributed by atoms with Gasteiger partial charge in [0.05, 0.1) is 10.2 Å². The standard InChI is InChI=1S/C22H25N3OS/c1-16-14-19-20(15-17(16)2)27-22(23-19)25-12-10-24(11-13-25)21(26)9-8-18-6-4-3-5-7-18/h3-7,14-15H,8-13H2,1-2H3. The van der Waals surface area contributed by atoms with Crippen molar-refractivity contribution in [2.24, 2.45) is 0 Å². The van der Waals surface area contributed by atoms with Crippen LogP contribution in [0.15, 0.2) is 42.5 Å². The highest BCUT2D eigenvalue weighted by molar-refractivity contribution is 7.22. The number of fused-ring (bicyclic) bond motifs is 1. The third kappa shape index (κ3) is 3.98. The normalized spacial score (nSPS) is 14.7. The van der Waals surface area contributed by atoms with Crippen LogP contribution in [0.2, 0.25) is 0 Å². The lowest BCUT2D eigenvalue weighted by Crippen LogP contribution is -2.48. The van der Waals surface area contributed by atoms with Crippen LogP contribution in [0, 0.1) is 13.8 Å². The number of carbonyl (C=O) groups is 1. The number of anilines is 1. The number of piperazine rings is 1. The van der Waals surface area contributed by atoms with Crippen LogP contribution in [0.3, 0.4) is 0 Å². The number of carbonyl (C=O) groups excluding carboxylic acids is 1. The highest BCUT2D eigenvalue weighted by atomic mass is 32.1. The number of aryl methyl sites for hydroxylation is 3. The summed E-state index contributed by atoms with van der Waals surface area (Å²) in [5.41, 5.74) is 4.91. The Morgan fingerprint density at radius 1 is 1.04 bits per heavy atom. The van der Waals surface area contributed by atoms with Crippen molar-refractivity contribution in [3.63, 3.8) is 0 Å². The van der Waals surface area contributed by atoms with Crippen molar-refractivity contribution in [1.82, 2.24) is 9.88 Å². The summed E-state index contributed by atoms with van der Waals surface area (Å²) in [4.78, 5) is 21.7. The lowest BCUT2D eigenvalue weighted by Gasteiger charge is -2.34. The molecule has 1 aliphatic rings. The van der Waals surface area contributed by atoms with Crippen LogP contribution in [0.25, 0.3) is 10.2 Å². The molecule has 0 aliphatic carbocycles. The second-order valence-corrected chi connectivity index (χ2v) is 8.26. The van der Waals surface area contributed by atoms with Gasteiger partial charge in [-0.05, 0) is 49.1 Å². The fourth-order valence-corrected chi connectivity index (χ4v) is 4.60. The van der Waals surface area contributed by atoms with Crippen LogP contribution in [0.5, 0.6) is 0 Å². The maximum Gasteiger partial charge on any atom is 0.223 e. The second kappa shape index (κ2) is 7.69. The minimum Gasteiger partial charge on any atom is -0.345 e. The number of rotatable bonds is 4. The minimum atomic E-state index is 0.258. The zero-order chi connectivity index (χ0) is 18.8. The highest BCUT2D eigenvalue weighted by Gasteiger charge is 2.23. The summed E-state index contributed by atoms with van der Waals surface area (Å²) in [6.07, 6.45) is 1.40. The van der Waals surface area contributed by atoms with Crippen molar-refractivity contribution in [2.45, 2.75) is 26.7 Å². The van der Waals surface area contributed by atoms with Gasteiger partial charge in [0.25, 0.3) is 0 Å². The van der Waals surface area contributed by atoms with E-state index >= 15 is 0 Å². The molecule has 140 valence electrons. The molecule has 0 spiro atoms. The van der Waals surface area contributed by atoms with Gasteiger partial charge >= 0.3 is 0 Å². The van der Waals surface area contributed by atoms with Crippen LogP contribution in [-0.4, -0.2) is 42.0 Å². The third-order valence-corrected chi connectivity index (χ3v) is 6.44. The molecule has 3 aromatic rings. The molecule has 1 fully saturated rings. The van der Waals surface area contributed by atoms with Crippen LogP contribution < -0.4 is 4.90 Å². The Bertz CT molecular complexity index is 904. The van der Waals surface area contributed by atoms with Gasteiger partial charge in [-0.2, -0.15) is 0 Å². The van der Waals surface area contributed by atoms with Crippen molar-refractivity contribution in [2.75, 3.05) is 31.1 Å². The SMILES string of the molecule is Cc1cc2nc(N3CCN(C(=O)CCc4ccccc4)CC3)sc2cc1C. The van der Waals surface area contributed by atoms with E-state index in [0.717, 1.165) is 43.2 Å². The number of nitrogens with zero attached hydrogens (tertiary/aromatic N) is 3. The van der Waals surface area contributed by atoms with Gasteiger partial charge in [-0.15, -0.1) is 0 Å². The lowest BCUT2D eigenvalue weighted by atomic mass is 10.1. The number of amides is 1. The Kier molecular flexibility index (Phi) is 5.12. The van der Waals surface area contributed by atoms with Crippen LogP contribution in [0.4, 0.5) is 5.13 Å². The molecule has 4 nitrogen and oxygen atoms in total. The molecule has 1 amide bonds. The minimum absolute atomic E-state index is 0.258. The van der Waals surface area contributed by atoms with E-state index in [1.807, 2.05) is 23.1 Å². The summed E-state index contributed by atoms with van der Waals surface area (Å²) in [6, 6.07) is 14.6. The molecule has 0 atom stereocenters. The van der Waals surface area contributed by atoms with E-state index in [4.69, 9.17) is 4.98 Å². The highest BCUT2D eigenvalue weighted by Crippen LogP contribution is 2.31. The topological polar surface area (TPSA) is 36.4 Å². The third-order valence-electron chi connectivity index (χ3n) is 5.37. The predicted molar refractivity (Wildman–Crippen MR) is 113 cm³/mol. The molecule has 5 heteroatoms.